The normalized spacial score (nSPS) is 11.1. The Morgan fingerprint density at radius 2 is 1.73 bits per heavy atom. The minimum Gasteiger partial charge on any atom is -0.313 e. The second-order valence-electron chi connectivity index (χ2n) is 6.47. The number of unbranched alkanes of at least 4 members (excludes halogenated alkanes) is 1. The summed E-state index contributed by atoms with van der Waals surface area (Å²) < 4.78 is 0. The molecule has 1 heteroatoms. The Labute approximate surface area is 135 Å². The molecule has 0 unspecified atom stereocenters. The number of benzene rings is 2. The first kappa shape index (κ1) is 16.8. The molecule has 1 N–H and O–H groups in total. The van der Waals surface area contributed by atoms with Gasteiger partial charge >= 0.3 is 0 Å². The average Bonchev–Trinajstić information content (AvgIpc) is 2.52. The third kappa shape index (κ3) is 4.45. The van der Waals surface area contributed by atoms with Gasteiger partial charge in [-0.3, -0.25) is 0 Å². The summed E-state index contributed by atoms with van der Waals surface area (Å²) in [6.45, 7) is 10.9. The van der Waals surface area contributed by atoms with Crippen LogP contribution in [0.3, 0.4) is 0 Å². The fourth-order valence-corrected chi connectivity index (χ4v) is 2.72. The zero-order chi connectivity index (χ0) is 15.9. The molecule has 1 nitrogen and oxygen atoms in total. The predicted molar refractivity (Wildman–Crippen MR) is 97.3 cm³/mol. The quantitative estimate of drug-likeness (QED) is 0.648. The molecule has 0 saturated heterocycles. The highest BCUT2D eigenvalue weighted by Crippen LogP contribution is 2.26. The molecule has 0 aromatic heterocycles. The van der Waals surface area contributed by atoms with Crippen molar-refractivity contribution in [1.29, 1.82) is 0 Å². The van der Waals surface area contributed by atoms with E-state index in [0.717, 1.165) is 13.1 Å². The van der Waals surface area contributed by atoms with E-state index in [4.69, 9.17) is 0 Å². The monoisotopic (exact) mass is 295 g/mol. The number of hydrogen-bond donors (Lipinski definition) is 1. The Bertz CT molecular complexity index is 581. The van der Waals surface area contributed by atoms with Gasteiger partial charge in [0.15, 0.2) is 0 Å². The Hall–Kier alpha value is -1.60. The van der Waals surface area contributed by atoms with Crippen LogP contribution in [0, 0.1) is 6.92 Å². The highest BCUT2D eigenvalue weighted by atomic mass is 14.8. The third-order valence-electron chi connectivity index (χ3n) is 4.17. The molecule has 0 radical (unpaired) electrons. The van der Waals surface area contributed by atoms with Crippen LogP contribution in [0.25, 0.3) is 11.1 Å². The van der Waals surface area contributed by atoms with Crippen molar-refractivity contribution in [3.8, 4) is 11.1 Å². The molecule has 0 heterocycles. The summed E-state index contributed by atoms with van der Waals surface area (Å²) in [5, 5.41) is 3.57. The van der Waals surface area contributed by atoms with Crippen molar-refractivity contribution >= 4 is 0 Å². The summed E-state index contributed by atoms with van der Waals surface area (Å²) in [5.41, 5.74) is 6.79. The Balaban J connectivity index is 2.21. The van der Waals surface area contributed by atoms with Crippen LogP contribution in [-0.4, -0.2) is 6.54 Å². The second-order valence-corrected chi connectivity index (χ2v) is 6.47. The van der Waals surface area contributed by atoms with E-state index in [1.165, 1.54) is 40.7 Å². The van der Waals surface area contributed by atoms with E-state index in [-0.39, 0.29) is 0 Å². The van der Waals surface area contributed by atoms with Crippen LogP contribution in [0.15, 0.2) is 42.5 Å². The van der Waals surface area contributed by atoms with Gasteiger partial charge in [-0.1, -0.05) is 75.2 Å². The van der Waals surface area contributed by atoms with Crippen molar-refractivity contribution in [3.05, 3.63) is 59.2 Å². The van der Waals surface area contributed by atoms with Crippen LogP contribution in [0.2, 0.25) is 0 Å². The molecule has 0 amide bonds. The van der Waals surface area contributed by atoms with E-state index in [0.29, 0.717) is 5.92 Å². The molecule has 118 valence electrons. The lowest BCUT2D eigenvalue weighted by atomic mass is 9.95. The van der Waals surface area contributed by atoms with Gasteiger partial charge in [-0.2, -0.15) is 0 Å². The summed E-state index contributed by atoms with van der Waals surface area (Å²) in [7, 11) is 0. The van der Waals surface area contributed by atoms with Gasteiger partial charge in [0.25, 0.3) is 0 Å². The van der Waals surface area contributed by atoms with Crippen molar-refractivity contribution < 1.29 is 0 Å². The molecule has 0 atom stereocenters. The highest BCUT2D eigenvalue weighted by molar-refractivity contribution is 5.68. The number of hydrogen-bond acceptors (Lipinski definition) is 1. The van der Waals surface area contributed by atoms with Crippen molar-refractivity contribution in [2.75, 3.05) is 6.54 Å². The van der Waals surface area contributed by atoms with Gasteiger partial charge in [-0.25, -0.2) is 0 Å². The Morgan fingerprint density at radius 3 is 2.36 bits per heavy atom. The standard InChI is InChI=1S/C21H29N/c1-5-6-13-22-15-20-14-17(4)7-12-21(20)19-10-8-18(9-11-19)16(2)3/h7-12,14,16,22H,5-6,13,15H2,1-4H3. The Morgan fingerprint density at radius 1 is 1.00 bits per heavy atom. The summed E-state index contributed by atoms with van der Waals surface area (Å²) in [5.74, 6) is 0.585. The van der Waals surface area contributed by atoms with E-state index >= 15 is 0 Å². The lowest BCUT2D eigenvalue weighted by molar-refractivity contribution is 0.642. The number of rotatable bonds is 7. The SMILES string of the molecule is CCCCNCc1cc(C)ccc1-c1ccc(C(C)C)cc1. The van der Waals surface area contributed by atoms with Gasteiger partial charge in [0.05, 0.1) is 0 Å². The molecule has 0 aliphatic heterocycles. The summed E-state index contributed by atoms with van der Waals surface area (Å²) in [4.78, 5) is 0. The first-order valence-corrected chi connectivity index (χ1v) is 8.52. The van der Waals surface area contributed by atoms with Crippen LogP contribution >= 0.6 is 0 Å². The largest absolute Gasteiger partial charge is 0.313 e. The minimum atomic E-state index is 0.585. The van der Waals surface area contributed by atoms with E-state index in [1.807, 2.05) is 0 Å². The number of aryl methyl sites for hydroxylation is 1. The lowest BCUT2D eigenvalue weighted by Gasteiger charge is -2.13. The first-order chi connectivity index (χ1) is 10.6. The molecular formula is C21H29N. The van der Waals surface area contributed by atoms with Crippen molar-refractivity contribution in [1.82, 2.24) is 5.32 Å². The highest BCUT2D eigenvalue weighted by Gasteiger charge is 2.06. The third-order valence-corrected chi connectivity index (χ3v) is 4.17. The smallest absolute Gasteiger partial charge is 0.0211 e. The molecular weight excluding hydrogens is 266 g/mol. The van der Waals surface area contributed by atoms with E-state index in [1.54, 1.807) is 0 Å². The molecule has 0 fully saturated rings. The van der Waals surface area contributed by atoms with Gasteiger partial charge in [-0.05, 0) is 48.1 Å². The topological polar surface area (TPSA) is 12.0 Å². The fraction of sp³-hybridized carbons (Fsp3) is 0.429. The molecule has 0 spiro atoms. The predicted octanol–water partition coefficient (Wildman–Crippen LogP) is 5.68. The summed E-state index contributed by atoms with van der Waals surface area (Å²) in [6, 6.07) is 15.8. The van der Waals surface area contributed by atoms with Crippen LogP contribution in [-0.2, 0) is 6.54 Å². The number of nitrogens with one attached hydrogen (secondary N) is 1. The van der Waals surface area contributed by atoms with Gasteiger partial charge < -0.3 is 5.32 Å². The van der Waals surface area contributed by atoms with E-state index in [2.05, 4.69) is 75.5 Å². The van der Waals surface area contributed by atoms with Crippen LogP contribution in [0.5, 0.6) is 0 Å². The van der Waals surface area contributed by atoms with Crippen LogP contribution in [0.1, 0.15) is 56.2 Å². The first-order valence-electron chi connectivity index (χ1n) is 8.52. The second kappa shape index (κ2) is 8.14. The summed E-state index contributed by atoms with van der Waals surface area (Å²) in [6.07, 6.45) is 2.48. The van der Waals surface area contributed by atoms with E-state index in [9.17, 15) is 0 Å². The molecule has 0 aliphatic carbocycles. The van der Waals surface area contributed by atoms with Crippen molar-refractivity contribution in [3.63, 3.8) is 0 Å². The summed E-state index contributed by atoms with van der Waals surface area (Å²) >= 11 is 0. The maximum Gasteiger partial charge on any atom is 0.0211 e. The lowest BCUT2D eigenvalue weighted by Crippen LogP contribution is -2.15. The minimum absolute atomic E-state index is 0.585. The molecule has 2 aromatic carbocycles. The maximum absolute atomic E-state index is 3.57. The molecule has 2 rings (SSSR count). The van der Waals surface area contributed by atoms with Gasteiger partial charge in [0.1, 0.15) is 0 Å². The van der Waals surface area contributed by atoms with Crippen molar-refractivity contribution in [2.45, 2.75) is 53.0 Å². The fourth-order valence-electron chi connectivity index (χ4n) is 2.72. The van der Waals surface area contributed by atoms with Gasteiger partial charge in [0, 0.05) is 6.54 Å². The molecule has 0 aliphatic rings. The Kier molecular flexibility index (Phi) is 6.21. The molecule has 0 bridgehead atoms. The molecule has 22 heavy (non-hydrogen) atoms. The van der Waals surface area contributed by atoms with Crippen LogP contribution in [0.4, 0.5) is 0 Å². The average molecular weight is 295 g/mol. The van der Waals surface area contributed by atoms with Crippen LogP contribution < -0.4 is 5.32 Å². The van der Waals surface area contributed by atoms with Gasteiger partial charge in [0.2, 0.25) is 0 Å². The maximum atomic E-state index is 3.57. The zero-order valence-electron chi connectivity index (χ0n) is 14.4. The zero-order valence-corrected chi connectivity index (χ0v) is 14.4. The van der Waals surface area contributed by atoms with E-state index < -0.39 is 0 Å². The van der Waals surface area contributed by atoms with Gasteiger partial charge in [-0.15, -0.1) is 0 Å². The molecule has 0 saturated carbocycles. The molecule has 2 aromatic rings. The van der Waals surface area contributed by atoms with Crippen molar-refractivity contribution in [2.24, 2.45) is 0 Å².